The summed E-state index contributed by atoms with van der Waals surface area (Å²) >= 11 is 0. The maximum Gasteiger partial charge on any atom is 0.345 e. The lowest BCUT2D eigenvalue weighted by Gasteiger charge is -2.13. The molecule has 0 aliphatic carbocycles. The molecule has 0 spiro atoms. The molecule has 8 heteroatoms. The van der Waals surface area contributed by atoms with E-state index in [1.165, 1.54) is 12.1 Å². The molecular formula is C18H20O8. The second-order valence-electron chi connectivity index (χ2n) is 5.85. The van der Waals surface area contributed by atoms with Gasteiger partial charge >= 0.3 is 23.9 Å². The van der Waals surface area contributed by atoms with Crippen LogP contribution in [-0.2, 0) is 19.1 Å². The molecule has 1 aromatic carbocycles. The summed E-state index contributed by atoms with van der Waals surface area (Å²) in [6, 6.07) is 3.70. The van der Waals surface area contributed by atoms with E-state index >= 15 is 0 Å². The number of benzene rings is 1. The Balaban J connectivity index is 3.55. The van der Waals surface area contributed by atoms with Gasteiger partial charge in [0.2, 0.25) is 0 Å². The van der Waals surface area contributed by atoms with Crippen LogP contribution >= 0.6 is 0 Å². The summed E-state index contributed by atoms with van der Waals surface area (Å²) in [4.78, 5) is 47.2. The van der Waals surface area contributed by atoms with Gasteiger partial charge in [-0.15, -0.1) is 0 Å². The smallest absolute Gasteiger partial charge is 0.345 e. The Labute approximate surface area is 150 Å². The first-order valence-corrected chi connectivity index (χ1v) is 7.77. The molecule has 140 valence electrons. The van der Waals surface area contributed by atoms with Crippen molar-refractivity contribution in [1.82, 2.24) is 0 Å². The van der Waals surface area contributed by atoms with Gasteiger partial charge in [0.15, 0.2) is 0 Å². The van der Waals surface area contributed by atoms with Crippen LogP contribution in [0, 0.1) is 0 Å². The predicted octanol–water partition coefficient (Wildman–Crippen LogP) is 2.37. The Morgan fingerprint density at radius 1 is 0.885 bits per heavy atom. The first-order chi connectivity index (χ1) is 12.0. The number of hydrogen-bond donors (Lipinski definition) is 2. The number of carbonyl (C=O) groups is 4. The van der Waals surface area contributed by atoms with Crippen molar-refractivity contribution in [1.29, 1.82) is 0 Å². The van der Waals surface area contributed by atoms with E-state index in [1.807, 2.05) is 0 Å². The third kappa shape index (κ3) is 5.44. The fourth-order valence-corrected chi connectivity index (χ4v) is 2.02. The Morgan fingerprint density at radius 2 is 1.38 bits per heavy atom. The normalized spacial score (nSPS) is 10.4. The average Bonchev–Trinajstić information content (AvgIpc) is 2.50. The highest BCUT2D eigenvalue weighted by Gasteiger charge is 2.26. The molecule has 0 fully saturated rings. The Morgan fingerprint density at radius 3 is 1.77 bits per heavy atom. The minimum Gasteiger partial charge on any atom is -0.478 e. The topological polar surface area (TPSA) is 127 Å². The Hall–Kier alpha value is -3.16. The fourth-order valence-electron chi connectivity index (χ4n) is 2.02. The van der Waals surface area contributed by atoms with Crippen molar-refractivity contribution in [2.45, 2.75) is 39.9 Å². The highest BCUT2D eigenvalue weighted by atomic mass is 16.6. The van der Waals surface area contributed by atoms with E-state index in [2.05, 4.69) is 0 Å². The van der Waals surface area contributed by atoms with Crippen LogP contribution in [0.4, 0.5) is 0 Å². The van der Waals surface area contributed by atoms with Crippen molar-refractivity contribution in [3.05, 3.63) is 40.5 Å². The zero-order valence-corrected chi connectivity index (χ0v) is 14.8. The van der Waals surface area contributed by atoms with Gasteiger partial charge in [-0.2, -0.15) is 0 Å². The summed E-state index contributed by atoms with van der Waals surface area (Å²) in [5.41, 5.74) is -1.68. The van der Waals surface area contributed by atoms with Crippen molar-refractivity contribution in [2.75, 3.05) is 0 Å². The minimum atomic E-state index is -1.51. The third-order valence-corrected chi connectivity index (χ3v) is 2.97. The summed E-state index contributed by atoms with van der Waals surface area (Å²) in [5, 5.41) is 18.5. The molecule has 26 heavy (non-hydrogen) atoms. The molecule has 8 nitrogen and oxygen atoms in total. The lowest BCUT2D eigenvalue weighted by molar-refractivity contribution is -0.150. The van der Waals surface area contributed by atoms with Gasteiger partial charge in [-0.3, -0.25) is 0 Å². The van der Waals surface area contributed by atoms with Gasteiger partial charge in [-0.1, -0.05) is 12.1 Å². The van der Waals surface area contributed by atoms with Gasteiger partial charge in [0.05, 0.1) is 23.3 Å². The lowest BCUT2D eigenvalue weighted by atomic mass is 9.99. The zero-order valence-electron chi connectivity index (χ0n) is 14.8. The van der Waals surface area contributed by atoms with Crippen LogP contribution in [0.15, 0.2) is 23.8 Å². The molecule has 1 rings (SSSR count). The van der Waals surface area contributed by atoms with Gasteiger partial charge in [0.1, 0.15) is 5.57 Å². The van der Waals surface area contributed by atoms with Crippen LogP contribution in [0.5, 0.6) is 0 Å². The van der Waals surface area contributed by atoms with E-state index in [0.717, 1.165) is 12.1 Å². The molecule has 0 aromatic heterocycles. The fraction of sp³-hybridized carbons (Fsp3) is 0.333. The molecule has 0 saturated carbocycles. The van der Waals surface area contributed by atoms with Crippen molar-refractivity contribution in [3.8, 4) is 0 Å². The molecule has 0 saturated heterocycles. The molecular weight excluding hydrogens is 344 g/mol. The van der Waals surface area contributed by atoms with Crippen LogP contribution in [-0.4, -0.2) is 46.3 Å². The van der Waals surface area contributed by atoms with E-state index < -0.39 is 52.8 Å². The van der Waals surface area contributed by atoms with Crippen LogP contribution in [0.1, 0.15) is 54.0 Å². The standard InChI is InChI=1S/C18H20O8/c1-9(2)25-17(23)13(18(24)26-10(3)4)8-11-6-5-7-12(15(19)20)14(11)16(21)22/h5-10H,1-4H3,(H,19,20)(H,21,22). The molecule has 2 N–H and O–H groups in total. The maximum atomic E-state index is 12.2. The van der Waals surface area contributed by atoms with E-state index in [0.29, 0.717) is 0 Å². The summed E-state index contributed by atoms with van der Waals surface area (Å²) in [6.07, 6.45) is -0.0882. The van der Waals surface area contributed by atoms with Crippen LogP contribution in [0.2, 0.25) is 0 Å². The maximum absolute atomic E-state index is 12.2. The number of rotatable bonds is 7. The predicted molar refractivity (Wildman–Crippen MR) is 90.8 cm³/mol. The molecule has 0 radical (unpaired) electrons. The number of ether oxygens (including phenoxy) is 2. The third-order valence-electron chi connectivity index (χ3n) is 2.97. The number of carboxylic acids is 2. The van der Waals surface area contributed by atoms with Gasteiger partial charge in [-0.05, 0) is 45.4 Å². The number of esters is 2. The van der Waals surface area contributed by atoms with Gasteiger partial charge in [0, 0.05) is 0 Å². The lowest BCUT2D eigenvalue weighted by Crippen LogP contribution is -2.23. The zero-order chi connectivity index (χ0) is 20.0. The average molecular weight is 364 g/mol. The Kier molecular flexibility index (Phi) is 7.06. The molecule has 0 bridgehead atoms. The molecule has 0 aliphatic rings. The summed E-state index contributed by atoms with van der Waals surface area (Å²) < 4.78 is 9.99. The van der Waals surface area contributed by atoms with Crippen molar-refractivity contribution in [3.63, 3.8) is 0 Å². The van der Waals surface area contributed by atoms with E-state index in [-0.39, 0.29) is 5.56 Å². The highest BCUT2D eigenvalue weighted by molar-refractivity contribution is 6.18. The van der Waals surface area contributed by atoms with Crippen LogP contribution in [0.3, 0.4) is 0 Å². The van der Waals surface area contributed by atoms with Gasteiger partial charge in [-0.25, -0.2) is 19.2 Å². The van der Waals surface area contributed by atoms with Crippen molar-refractivity contribution < 1.29 is 38.9 Å². The molecule has 0 unspecified atom stereocenters. The SMILES string of the molecule is CC(C)OC(=O)C(=Cc1cccc(C(=O)O)c1C(=O)O)C(=O)OC(C)C. The molecule has 0 amide bonds. The van der Waals surface area contributed by atoms with Crippen molar-refractivity contribution >= 4 is 30.0 Å². The first kappa shape index (κ1) is 20.9. The second-order valence-corrected chi connectivity index (χ2v) is 5.85. The summed E-state index contributed by atoms with van der Waals surface area (Å²) in [5.74, 6) is -4.96. The van der Waals surface area contributed by atoms with Gasteiger partial charge in [0.25, 0.3) is 0 Å². The quantitative estimate of drug-likeness (QED) is 0.327. The van der Waals surface area contributed by atoms with Gasteiger partial charge < -0.3 is 19.7 Å². The van der Waals surface area contributed by atoms with E-state index in [1.54, 1.807) is 27.7 Å². The van der Waals surface area contributed by atoms with E-state index in [4.69, 9.17) is 14.6 Å². The highest BCUT2D eigenvalue weighted by Crippen LogP contribution is 2.20. The molecule has 0 aliphatic heterocycles. The molecule has 1 aromatic rings. The van der Waals surface area contributed by atoms with E-state index in [9.17, 15) is 24.3 Å². The first-order valence-electron chi connectivity index (χ1n) is 7.77. The van der Waals surface area contributed by atoms with Crippen LogP contribution < -0.4 is 0 Å². The second kappa shape index (κ2) is 8.80. The molecule has 0 atom stereocenters. The minimum absolute atomic E-state index is 0.131. The summed E-state index contributed by atoms with van der Waals surface area (Å²) in [6.45, 7) is 6.32. The number of aromatic carboxylic acids is 2. The Bertz CT molecular complexity index is 734. The monoisotopic (exact) mass is 364 g/mol. The number of carboxylic acid groups (broad SMARTS) is 2. The summed E-state index contributed by atoms with van der Waals surface area (Å²) in [7, 11) is 0. The molecule has 0 heterocycles. The van der Waals surface area contributed by atoms with Crippen LogP contribution in [0.25, 0.3) is 6.08 Å². The number of hydrogen-bond acceptors (Lipinski definition) is 6. The number of carbonyl (C=O) groups excluding carboxylic acids is 2. The largest absolute Gasteiger partial charge is 0.478 e. The van der Waals surface area contributed by atoms with Crippen molar-refractivity contribution in [2.24, 2.45) is 0 Å².